The zero-order chi connectivity index (χ0) is 14.7. The number of rotatable bonds is 3. The number of nitrogens with one attached hydrogen (secondary N) is 2. The van der Waals surface area contributed by atoms with Crippen LogP contribution in [-0.4, -0.2) is 18.4 Å². The van der Waals surface area contributed by atoms with Gasteiger partial charge in [0, 0.05) is 12.6 Å². The molecule has 14 heavy (non-hydrogen) atoms. The predicted octanol–water partition coefficient (Wildman–Crippen LogP) is 0.761. The highest BCUT2D eigenvalue weighted by atomic mass is 16.2. The molecule has 0 saturated carbocycles. The summed E-state index contributed by atoms with van der Waals surface area (Å²) >= 11 is 0. The normalized spacial score (nSPS) is 14.2. The Morgan fingerprint density at radius 2 is 2.00 bits per heavy atom. The Bertz CT molecular complexity index is 518. The maximum absolute atomic E-state index is 11.5. The summed E-state index contributed by atoms with van der Waals surface area (Å²) in [5.74, 6) is -1.08. The van der Waals surface area contributed by atoms with Crippen molar-refractivity contribution < 1.29 is 16.4 Å². The third-order valence-corrected chi connectivity index (χ3v) is 1.26. The predicted molar refractivity (Wildman–Crippen MR) is 53.8 cm³/mol. The molecule has 0 fully saturated rings. The van der Waals surface area contributed by atoms with E-state index in [1.807, 2.05) is 0 Å². The van der Waals surface area contributed by atoms with Crippen LogP contribution < -0.4 is 10.6 Å². The SMILES string of the molecule is [2H]c1c([2H])c([2H])c(NC(=O)CNC(C)=O)c([2H])c1[2H]. The van der Waals surface area contributed by atoms with Crippen molar-refractivity contribution in [1.29, 1.82) is 0 Å². The molecule has 1 aromatic rings. The lowest BCUT2D eigenvalue weighted by atomic mass is 10.3. The topological polar surface area (TPSA) is 58.2 Å². The Labute approximate surface area is 89.3 Å². The van der Waals surface area contributed by atoms with Crippen LogP contribution >= 0.6 is 0 Å². The molecule has 0 saturated heterocycles. The zero-order valence-electron chi connectivity index (χ0n) is 12.5. The molecule has 0 aliphatic heterocycles. The highest BCUT2D eigenvalue weighted by Crippen LogP contribution is 2.03. The summed E-state index contributed by atoms with van der Waals surface area (Å²) in [4.78, 5) is 22.1. The van der Waals surface area contributed by atoms with E-state index in [1.54, 1.807) is 0 Å². The van der Waals surface area contributed by atoms with E-state index < -0.39 is 42.0 Å². The van der Waals surface area contributed by atoms with Crippen molar-refractivity contribution in [1.82, 2.24) is 5.32 Å². The molecule has 0 bridgehead atoms. The molecule has 0 aliphatic rings. The standard InChI is InChI=1S/C10H12N2O2/c1-8(13)11-7-10(14)12-9-5-3-2-4-6-9/h2-6H,7H2,1H3,(H,11,13)(H,12,14)/i2D,3D,4D,5D,6D. The van der Waals surface area contributed by atoms with Gasteiger partial charge in [-0.3, -0.25) is 9.59 Å². The molecule has 0 atom stereocenters. The van der Waals surface area contributed by atoms with Gasteiger partial charge in [0.25, 0.3) is 0 Å². The van der Waals surface area contributed by atoms with Gasteiger partial charge in [-0.05, 0) is 12.1 Å². The largest absolute Gasteiger partial charge is 0.347 e. The first-order valence-electron chi connectivity index (χ1n) is 6.37. The number of benzene rings is 1. The molecular weight excluding hydrogens is 180 g/mol. The second-order valence-corrected chi connectivity index (χ2v) is 2.46. The molecular formula is C10H12N2O2. The first-order chi connectivity index (χ1) is 8.75. The van der Waals surface area contributed by atoms with Crippen LogP contribution in [0.1, 0.15) is 13.8 Å². The van der Waals surface area contributed by atoms with Gasteiger partial charge in [0.15, 0.2) is 0 Å². The van der Waals surface area contributed by atoms with Gasteiger partial charge in [-0.2, -0.15) is 0 Å². The maximum Gasteiger partial charge on any atom is 0.243 e. The Balaban J connectivity index is 3.02. The smallest absolute Gasteiger partial charge is 0.243 e. The van der Waals surface area contributed by atoms with E-state index in [0.29, 0.717) is 0 Å². The van der Waals surface area contributed by atoms with E-state index in [1.165, 1.54) is 6.92 Å². The summed E-state index contributed by atoms with van der Waals surface area (Å²) in [6.45, 7) is 0.898. The van der Waals surface area contributed by atoms with Gasteiger partial charge in [0.2, 0.25) is 11.8 Å². The van der Waals surface area contributed by atoms with E-state index in [0.717, 1.165) is 0 Å². The van der Waals surface area contributed by atoms with E-state index in [2.05, 4.69) is 10.6 Å². The van der Waals surface area contributed by atoms with Gasteiger partial charge in [-0.1, -0.05) is 18.1 Å². The molecule has 1 aromatic carbocycles. The number of carbonyl (C=O) groups excluding carboxylic acids is 2. The number of para-hydroxylation sites is 1. The lowest BCUT2D eigenvalue weighted by Gasteiger charge is -2.04. The summed E-state index contributed by atoms with van der Waals surface area (Å²) < 4.78 is 37.4. The summed E-state index contributed by atoms with van der Waals surface area (Å²) in [6, 6.07) is -2.59. The fourth-order valence-corrected chi connectivity index (χ4v) is 0.701. The Hall–Kier alpha value is -1.84. The highest BCUT2D eigenvalue weighted by Gasteiger charge is 2.01. The van der Waals surface area contributed by atoms with Crippen LogP contribution in [0.5, 0.6) is 0 Å². The molecule has 4 heteroatoms. The average molecular weight is 197 g/mol. The van der Waals surface area contributed by atoms with Gasteiger partial charge >= 0.3 is 0 Å². The minimum absolute atomic E-state index is 0.304. The minimum Gasteiger partial charge on any atom is -0.347 e. The Morgan fingerprint density at radius 3 is 2.57 bits per heavy atom. The van der Waals surface area contributed by atoms with Gasteiger partial charge in [-0.25, -0.2) is 0 Å². The number of carbonyl (C=O) groups is 2. The minimum atomic E-state index is -0.672. The van der Waals surface area contributed by atoms with Crippen molar-refractivity contribution in [3.05, 3.63) is 30.2 Å². The van der Waals surface area contributed by atoms with Gasteiger partial charge < -0.3 is 10.6 Å². The van der Waals surface area contributed by atoms with E-state index in [-0.39, 0.29) is 12.2 Å². The molecule has 1 rings (SSSR count). The fraction of sp³-hybridized carbons (Fsp3) is 0.200. The molecule has 2 N–H and O–H groups in total. The van der Waals surface area contributed by atoms with E-state index >= 15 is 0 Å². The molecule has 0 spiro atoms. The molecule has 2 amide bonds. The van der Waals surface area contributed by atoms with Crippen LogP contribution in [0, 0.1) is 0 Å². The van der Waals surface area contributed by atoms with Gasteiger partial charge in [0.1, 0.15) is 0 Å². The third-order valence-electron chi connectivity index (χ3n) is 1.26. The van der Waals surface area contributed by atoms with Crippen molar-refractivity contribution >= 4 is 17.5 Å². The van der Waals surface area contributed by atoms with Gasteiger partial charge in [0.05, 0.1) is 13.4 Å². The summed E-state index contributed by atoms with van der Waals surface area (Å²) in [5.41, 5.74) is -0.304. The summed E-state index contributed by atoms with van der Waals surface area (Å²) in [7, 11) is 0. The van der Waals surface area contributed by atoms with E-state index in [9.17, 15) is 9.59 Å². The van der Waals surface area contributed by atoms with Crippen molar-refractivity contribution in [2.45, 2.75) is 6.92 Å². The number of amides is 2. The monoisotopic (exact) mass is 197 g/mol. The molecule has 74 valence electrons. The number of hydrogen-bond donors (Lipinski definition) is 2. The number of anilines is 1. The van der Waals surface area contributed by atoms with Crippen LogP contribution in [0.2, 0.25) is 0 Å². The average Bonchev–Trinajstić information content (AvgIpc) is 2.36. The Kier molecular flexibility index (Phi) is 1.84. The second-order valence-electron chi connectivity index (χ2n) is 2.46. The highest BCUT2D eigenvalue weighted by molar-refractivity contribution is 5.94. The fourth-order valence-electron chi connectivity index (χ4n) is 0.701. The maximum atomic E-state index is 11.5. The molecule has 0 heterocycles. The Morgan fingerprint density at radius 1 is 1.36 bits per heavy atom. The summed E-state index contributed by atoms with van der Waals surface area (Å²) in [5, 5.41) is 4.43. The van der Waals surface area contributed by atoms with Crippen LogP contribution in [-0.2, 0) is 9.59 Å². The van der Waals surface area contributed by atoms with Crippen LogP contribution in [0.4, 0.5) is 5.69 Å². The molecule has 0 aromatic heterocycles. The molecule has 0 aliphatic carbocycles. The van der Waals surface area contributed by atoms with Crippen molar-refractivity contribution in [2.24, 2.45) is 0 Å². The van der Waals surface area contributed by atoms with Crippen LogP contribution in [0.25, 0.3) is 0 Å². The van der Waals surface area contributed by atoms with Crippen LogP contribution in [0.3, 0.4) is 0 Å². The third kappa shape index (κ3) is 3.71. The van der Waals surface area contributed by atoms with Gasteiger partial charge in [-0.15, -0.1) is 0 Å². The van der Waals surface area contributed by atoms with Crippen molar-refractivity contribution in [3.8, 4) is 0 Å². The quantitative estimate of drug-likeness (QED) is 0.751. The molecule has 0 radical (unpaired) electrons. The first kappa shape index (κ1) is 5.14. The number of hydrogen-bond acceptors (Lipinski definition) is 2. The van der Waals surface area contributed by atoms with Crippen molar-refractivity contribution in [2.75, 3.05) is 11.9 Å². The van der Waals surface area contributed by atoms with Crippen molar-refractivity contribution in [3.63, 3.8) is 0 Å². The lowest BCUT2D eigenvalue weighted by molar-refractivity contribution is -0.122. The second kappa shape index (κ2) is 5.01. The molecule has 4 nitrogen and oxygen atoms in total. The molecule has 0 unspecified atom stereocenters. The lowest BCUT2D eigenvalue weighted by Crippen LogP contribution is -2.31. The van der Waals surface area contributed by atoms with E-state index in [4.69, 9.17) is 6.85 Å². The van der Waals surface area contributed by atoms with Crippen LogP contribution in [0.15, 0.2) is 30.2 Å². The first-order valence-corrected chi connectivity index (χ1v) is 3.87. The zero-order valence-corrected chi connectivity index (χ0v) is 7.52. The summed E-state index contributed by atoms with van der Waals surface area (Å²) in [6.07, 6.45) is 0.